The van der Waals surface area contributed by atoms with E-state index < -0.39 is 5.82 Å². The molecule has 1 aliphatic rings. The number of halogens is 1. The van der Waals surface area contributed by atoms with Crippen molar-refractivity contribution < 1.29 is 13.7 Å². The van der Waals surface area contributed by atoms with E-state index in [2.05, 4.69) is 12.1 Å². The second kappa shape index (κ2) is 6.30. The van der Waals surface area contributed by atoms with E-state index in [0.29, 0.717) is 12.1 Å². The monoisotopic (exact) mass is 302 g/mol. The molecule has 22 heavy (non-hydrogen) atoms. The molecule has 1 amide bonds. The summed E-state index contributed by atoms with van der Waals surface area (Å²) in [4.78, 5) is 14.4. The van der Waals surface area contributed by atoms with E-state index in [0.717, 1.165) is 37.1 Å². The Bertz CT molecular complexity index is 668. The maximum Gasteiger partial charge on any atom is 0.254 e. The summed E-state index contributed by atoms with van der Waals surface area (Å²) in [6, 6.07) is 7.68. The van der Waals surface area contributed by atoms with E-state index in [9.17, 15) is 9.18 Å². The Morgan fingerprint density at radius 1 is 1.45 bits per heavy atom. The van der Waals surface area contributed by atoms with Gasteiger partial charge in [-0.1, -0.05) is 18.1 Å². The van der Waals surface area contributed by atoms with Gasteiger partial charge in [0.1, 0.15) is 17.3 Å². The molecule has 1 atom stereocenters. The zero-order valence-corrected chi connectivity index (χ0v) is 12.6. The summed E-state index contributed by atoms with van der Waals surface area (Å²) in [7, 11) is 0. The lowest BCUT2D eigenvalue weighted by molar-refractivity contribution is 0.0730. The van der Waals surface area contributed by atoms with Gasteiger partial charge in [-0.25, -0.2) is 4.39 Å². The molecule has 1 aromatic carbocycles. The van der Waals surface area contributed by atoms with E-state index >= 15 is 0 Å². The molecule has 1 saturated heterocycles. The molecule has 1 fully saturated rings. The van der Waals surface area contributed by atoms with Gasteiger partial charge in [-0.3, -0.25) is 4.79 Å². The van der Waals surface area contributed by atoms with Crippen LogP contribution in [0.1, 0.15) is 54.0 Å². The number of carbonyl (C=O) groups excluding carboxylic acids is 1. The highest BCUT2D eigenvalue weighted by molar-refractivity contribution is 5.94. The first-order valence-electron chi connectivity index (χ1n) is 7.71. The van der Waals surface area contributed by atoms with Gasteiger partial charge in [0.2, 0.25) is 0 Å². The van der Waals surface area contributed by atoms with Crippen LogP contribution < -0.4 is 0 Å². The predicted octanol–water partition coefficient (Wildman–Crippen LogP) is 3.74. The molecular formula is C17H19FN2O2. The first kappa shape index (κ1) is 14.8. The van der Waals surface area contributed by atoms with Crippen LogP contribution in [-0.4, -0.2) is 22.5 Å². The summed E-state index contributed by atoms with van der Waals surface area (Å²) in [6.45, 7) is 2.74. The fourth-order valence-electron chi connectivity index (χ4n) is 2.95. The highest BCUT2D eigenvalue weighted by atomic mass is 19.1. The van der Waals surface area contributed by atoms with Crippen LogP contribution in [-0.2, 0) is 6.42 Å². The number of aryl methyl sites for hydroxylation is 1. The van der Waals surface area contributed by atoms with Crippen molar-refractivity contribution in [3.63, 3.8) is 0 Å². The van der Waals surface area contributed by atoms with E-state index in [1.54, 1.807) is 17.0 Å². The molecule has 0 bridgehead atoms. The minimum Gasteiger partial charge on any atom is -0.361 e. The summed E-state index contributed by atoms with van der Waals surface area (Å²) < 4.78 is 18.6. The standard InChI is InChI=1S/C17H19FN2O2/c1-2-5-14-11-15(19-22-14)16-8-4-9-20(16)17(21)12-6-3-7-13(18)10-12/h3,6-7,10-11,16H,2,4-5,8-9H2,1H3/t16-/m1/s1. The van der Waals surface area contributed by atoms with Gasteiger partial charge in [-0.05, 0) is 37.5 Å². The van der Waals surface area contributed by atoms with Crippen LogP contribution in [0.15, 0.2) is 34.9 Å². The maximum atomic E-state index is 13.3. The molecule has 0 saturated carbocycles. The van der Waals surface area contributed by atoms with Crippen LogP contribution in [0.3, 0.4) is 0 Å². The number of carbonyl (C=O) groups is 1. The average Bonchev–Trinajstić information content (AvgIpc) is 3.15. The second-order valence-electron chi connectivity index (χ2n) is 5.64. The first-order valence-corrected chi connectivity index (χ1v) is 7.71. The molecule has 116 valence electrons. The summed E-state index contributed by atoms with van der Waals surface area (Å²) in [5.41, 5.74) is 1.18. The first-order chi connectivity index (χ1) is 10.7. The molecule has 0 spiro atoms. The maximum absolute atomic E-state index is 13.3. The highest BCUT2D eigenvalue weighted by Crippen LogP contribution is 2.33. The summed E-state index contributed by atoms with van der Waals surface area (Å²) in [5, 5.41) is 4.12. The number of aromatic nitrogens is 1. The Kier molecular flexibility index (Phi) is 4.22. The molecule has 3 rings (SSSR count). The molecule has 1 aliphatic heterocycles. The third-order valence-electron chi connectivity index (χ3n) is 4.00. The van der Waals surface area contributed by atoms with Crippen molar-refractivity contribution in [3.05, 3.63) is 53.2 Å². The van der Waals surface area contributed by atoms with Crippen LogP contribution in [0.2, 0.25) is 0 Å². The Hall–Kier alpha value is -2.17. The molecule has 0 N–H and O–H groups in total. The lowest BCUT2D eigenvalue weighted by Crippen LogP contribution is -2.30. The number of hydrogen-bond donors (Lipinski definition) is 0. The van der Waals surface area contributed by atoms with Gasteiger partial charge in [-0.15, -0.1) is 0 Å². The molecule has 5 heteroatoms. The van der Waals surface area contributed by atoms with Crippen molar-refractivity contribution in [2.45, 2.75) is 38.6 Å². The Morgan fingerprint density at radius 2 is 2.32 bits per heavy atom. The van der Waals surface area contributed by atoms with Gasteiger partial charge in [0.15, 0.2) is 0 Å². The molecule has 0 aliphatic carbocycles. The topological polar surface area (TPSA) is 46.3 Å². The summed E-state index contributed by atoms with van der Waals surface area (Å²) >= 11 is 0. The van der Waals surface area contributed by atoms with Crippen molar-refractivity contribution >= 4 is 5.91 Å². The molecule has 4 nitrogen and oxygen atoms in total. The number of amides is 1. The van der Waals surface area contributed by atoms with Crippen LogP contribution in [0.4, 0.5) is 4.39 Å². The quantitative estimate of drug-likeness (QED) is 0.864. The van der Waals surface area contributed by atoms with Crippen molar-refractivity contribution in [3.8, 4) is 0 Å². The average molecular weight is 302 g/mol. The Morgan fingerprint density at radius 3 is 3.09 bits per heavy atom. The Balaban J connectivity index is 1.81. The fraction of sp³-hybridized carbons (Fsp3) is 0.412. The molecule has 1 aromatic heterocycles. The van der Waals surface area contributed by atoms with Gasteiger partial charge in [0.25, 0.3) is 5.91 Å². The second-order valence-corrected chi connectivity index (χ2v) is 5.64. The summed E-state index contributed by atoms with van der Waals surface area (Å²) in [6.07, 6.45) is 3.61. The van der Waals surface area contributed by atoms with Crippen LogP contribution in [0.25, 0.3) is 0 Å². The number of likely N-dealkylation sites (tertiary alicyclic amines) is 1. The molecule has 2 aromatic rings. The largest absolute Gasteiger partial charge is 0.361 e. The van der Waals surface area contributed by atoms with E-state index in [1.165, 1.54) is 12.1 Å². The van der Waals surface area contributed by atoms with Crippen molar-refractivity contribution in [2.75, 3.05) is 6.54 Å². The van der Waals surface area contributed by atoms with E-state index in [1.807, 2.05) is 6.07 Å². The van der Waals surface area contributed by atoms with Gasteiger partial charge >= 0.3 is 0 Å². The highest BCUT2D eigenvalue weighted by Gasteiger charge is 2.32. The molecule has 2 heterocycles. The smallest absolute Gasteiger partial charge is 0.254 e. The molecule has 0 radical (unpaired) electrons. The number of rotatable bonds is 4. The summed E-state index contributed by atoms with van der Waals surface area (Å²) in [5.74, 6) is 0.304. The Labute approximate surface area is 128 Å². The lowest BCUT2D eigenvalue weighted by atomic mass is 10.1. The number of benzene rings is 1. The minimum absolute atomic E-state index is 0.0786. The number of nitrogens with zero attached hydrogens (tertiary/aromatic N) is 2. The van der Waals surface area contributed by atoms with Crippen molar-refractivity contribution in [1.82, 2.24) is 10.1 Å². The fourth-order valence-corrected chi connectivity index (χ4v) is 2.95. The predicted molar refractivity (Wildman–Crippen MR) is 79.9 cm³/mol. The molecular weight excluding hydrogens is 283 g/mol. The van der Waals surface area contributed by atoms with Gasteiger partial charge in [0, 0.05) is 24.6 Å². The van der Waals surface area contributed by atoms with Gasteiger partial charge in [0.05, 0.1) is 6.04 Å². The van der Waals surface area contributed by atoms with E-state index in [-0.39, 0.29) is 11.9 Å². The van der Waals surface area contributed by atoms with E-state index in [4.69, 9.17) is 4.52 Å². The lowest BCUT2D eigenvalue weighted by Gasteiger charge is -2.23. The third-order valence-corrected chi connectivity index (χ3v) is 4.00. The van der Waals surface area contributed by atoms with Crippen LogP contribution in [0, 0.1) is 5.82 Å². The van der Waals surface area contributed by atoms with Gasteiger partial charge < -0.3 is 9.42 Å². The minimum atomic E-state index is -0.395. The normalized spacial score (nSPS) is 17.9. The van der Waals surface area contributed by atoms with Crippen LogP contribution in [0.5, 0.6) is 0 Å². The zero-order valence-electron chi connectivity index (χ0n) is 12.6. The SMILES string of the molecule is CCCc1cc([C@H]2CCCN2C(=O)c2cccc(F)c2)no1. The number of hydrogen-bond acceptors (Lipinski definition) is 3. The van der Waals surface area contributed by atoms with Crippen molar-refractivity contribution in [1.29, 1.82) is 0 Å². The zero-order chi connectivity index (χ0) is 15.5. The van der Waals surface area contributed by atoms with Crippen molar-refractivity contribution in [2.24, 2.45) is 0 Å². The van der Waals surface area contributed by atoms with Crippen LogP contribution >= 0.6 is 0 Å². The third kappa shape index (κ3) is 2.89. The van der Waals surface area contributed by atoms with Gasteiger partial charge in [-0.2, -0.15) is 0 Å². The molecule has 0 unspecified atom stereocenters.